The van der Waals surface area contributed by atoms with E-state index in [-0.39, 0.29) is 5.82 Å². The largest absolute Gasteiger partial charge is 0.399 e. The number of pyridine rings is 1. The number of anilines is 1. The Hall–Kier alpha value is -1.61. The fraction of sp³-hybridized carbons (Fsp3) is 0. The van der Waals surface area contributed by atoms with Gasteiger partial charge in [-0.15, -0.1) is 0 Å². The fourth-order valence-corrected chi connectivity index (χ4v) is 1.53. The molecule has 0 radical (unpaired) electrons. The molecule has 0 saturated heterocycles. The quantitative estimate of drug-likeness (QED) is 0.805. The van der Waals surface area contributed by atoms with E-state index in [2.05, 4.69) is 4.98 Å². The van der Waals surface area contributed by atoms with Crippen LogP contribution in [0.3, 0.4) is 0 Å². The van der Waals surface area contributed by atoms with Crippen molar-refractivity contribution in [2.24, 2.45) is 0 Å². The molecule has 0 aliphatic carbocycles. The summed E-state index contributed by atoms with van der Waals surface area (Å²) < 4.78 is 13.1. The highest BCUT2D eigenvalue weighted by atomic mass is 35.5. The molecule has 2 N–H and O–H groups in total. The lowest BCUT2D eigenvalue weighted by molar-refractivity contribution is 0.628. The van der Waals surface area contributed by atoms with Crippen LogP contribution in [0.25, 0.3) is 11.3 Å². The number of nitrogens with two attached hydrogens (primary N) is 1. The monoisotopic (exact) mass is 222 g/mol. The van der Waals surface area contributed by atoms with Crippen molar-refractivity contribution in [2.75, 3.05) is 5.73 Å². The number of nitrogen functional groups attached to an aromatic ring is 1. The lowest BCUT2D eigenvalue weighted by atomic mass is 10.1. The van der Waals surface area contributed by atoms with Crippen molar-refractivity contribution in [3.8, 4) is 11.3 Å². The molecule has 0 unspecified atom stereocenters. The summed E-state index contributed by atoms with van der Waals surface area (Å²) in [6.07, 6.45) is 1.57. The maximum atomic E-state index is 13.1. The first-order chi connectivity index (χ1) is 7.15. The van der Waals surface area contributed by atoms with Gasteiger partial charge in [-0.05, 0) is 30.3 Å². The number of benzene rings is 1. The fourth-order valence-electron chi connectivity index (χ4n) is 1.31. The van der Waals surface area contributed by atoms with E-state index in [0.29, 0.717) is 22.0 Å². The summed E-state index contributed by atoms with van der Waals surface area (Å²) in [5.41, 5.74) is 7.41. The Kier molecular flexibility index (Phi) is 2.56. The van der Waals surface area contributed by atoms with Crippen molar-refractivity contribution in [3.63, 3.8) is 0 Å². The highest BCUT2D eigenvalue weighted by Gasteiger charge is 2.03. The van der Waals surface area contributed by atoms with E-state index in [1.54, 1.807) is 24.4 Å². The number of aromatic nitrogens is 1. The third-order valence-electron chi connectivity index (χ3n) is 1.94. The van der Waals surface area contributed by atoms with Gasteiger partial charge in [0.2, 0.25) is 0 Å². The van der Waals surface area contributed by atoms with Crippen LogP contribution in [0.5, 0.6) is 0 Å². The van der Waals surface area contributed by atoms with Crippen molar-refractivity contribution in [1.82, 2.24) is 4.98 Å². The molecule has 2 aromatic rings. The Morgan fingerprint density at radius 2 is 2.00 bits per heavy atom. The maximum absolute atomic E-state index is 13.1. The van der Waals surface area contributed by atoms with Crippen molar-refractivity contribution in [2.45, 2.75) is 0 Å². The average molecular weight is 223 g/mol. The molecule has 1 aromatic carbocycles. The lowest BCUT2D eigenvalue weighted by Gasteiger charge is -2.02. The maximum Gasteiger partial charge on any atom is 0.125 e. The summed E-state index contributed by atoms with van der Waals surface area (Å²) >= 11 is 5.74. The zero-order chi connectivity index (χ0) is 10.8. The van der Waals surface area contributed by atoms with Crippen LogP contribution in [0.1, 0.15) is 0 Å². The number of halogens is 2. The summed E-state index contributed by atoms with van der Waals surface area (Å²) in [6.45, 7) is 0. The van der Waals surface area contributed by atoms with E-state index in [1.165, 1.54) is 12.1 Å². The smallest absolute Gasteiger partial charge is 0.125 e. The van der Waals surface area contributed by atoms with E-state index >= 15 is 0 Å². The molecule has 0 saturated carbocycles. The normalized spacial score (nSPS) is 10.3. The molecule has 0 bridgehead atoms. The van der Waals surface area contributed by atoms with Gasteiger partial charge in [0.25, 0.3) is 0 Å². The number of hydrogen-bond donors (Lipinski definition) is 1. The molecule has 15 heavy (non-hydrogen) atoms. The van der Waals surface area contributed by atoms with Gasteiger partial charge < -0.3 is 5.73 Å². The van der Waals surface area contributed by atoms with Gasteiger partial charge in [0.05, 0.1) is 5.69 Å². The second-order valence-corrected chi connectivity index (χ2v) is 3.57. The van der Waals surface area contributed by atoms with Crippen LogP contribution in [0.2, 0.25) is 5.02 Å². The summed E-state index contributed by atoms with van der Waals surface area (Å²) in [5.74, 6) is -0.387. The van der Waals surface area contributed by atoms with Crippen molar-refractivity contribution in [1.29, 1.82) is 0 Å². The molecule has 0 fully saturated rings. The molecular weight excluding hydrogens is 215 g/mol. The second-order valence-electron chi connectivity index (χ2n) is 3.13. The average Bonchev–Trinajstić information content (AvgIpc) is 2.16. The van der Waals surface area contributed by atoms with Gasteiger partial charge in [-0.25, -0.2) is 4.39 Å². The molecule has 0 atom stereocenters. The van der Waals surface area contributed by atoms with Crippen LogP contribution in [-0.4, -0.2) is 4.98 Å². The van der Waals surface area contributed by atoms with E-state index in [0.717, 1.165) is 0 Å². The van der Waals surface area contributed by atoms with Gasteiger partial charge in [-0.1, -0.05) is 11.6 Å². The molecule has 4 heteroatoms. The van der Waals surface area contributed by atoms with E-state index in [9.17, 15) is 4.39 Å². The van der Waals surface area contributed by atoms with Gasteiger partial charge in [-0.3, -0.25) is 4.98 Å². The van der Waals surface area contributed by atoms with Gasteiger partial charge in [0, 0.05) is 22.5 Å². The van der Waals surface area contributed by atoms with Crippen LogP contribution in [0.15, 0.2) is 36.5 Å². The minimum Gasteiger partial charge on any atom is -0.399 e. The summed E-state index contributed by atoms with van der Waals surface area (Å²) in [5, 5.41) is 0.342. The number of rotatable bonds is 1. The number of hydrogen-bond acceptors (Lipinski definition) is 2. The SMILES string of the molecule is Nc1ccnc(-c2cc(F)cc(Cl)c2)c1. The van der Waals surface area contributed by atoms with E-state index in [4.69, 9.17) is 17.3 Å². The standard InChI is InChI=1S/C11H8ClFN2/c12-8-3-7(4-9(13)5-8)11-6-10(14)1-2-15-11/h1-6H,(H2,14,15). The van der Waals surface area contributed by atoms with E-state index < -0.39 is 0 Å². The highest BCUT2D eigenvalue weighted by Crippen LogP contribution is 2.23. The lowest BCUT2D eigenvalue weighted by Crippen LogP contribution is -1.89. The first-order valence-electron chi connectivity index (χ1n) is 4.33. The molecule has 2 nitrogen and oxygen atoms in total. The predicted octanol–water partition coefficient (Wildman–Crippen LogP) is 3.12. The minimum atomic E-state index is -0.387. The summed E-state index contributed by atoms with van der Waals surface area (Å²) in [7, 11) is 0. The Morgan fingerprint density at radius 1 is 1.20 bits per heavy atom. The predicted molar refractivity (Wildman–Crippen MR) is 59.1 cm³/mol. The molecule has 0 aliphatic heterocycles. The van der Waals surface area contributed by atoms with Crippen LogP contribution in [0.4, 0.5) is 10.1 Å². The summed E-state index contributed by atoms with van der Waals surface area (Å²) in [6, 6.07) is 7.60. The van der Waals surface area contributed by atoms with Gasteiger partial charge in [0.15, 0.2) is 0 Å². The van der Waals surface area contributed by atoms with Crippen LogP contribution < -0.4 is 5.73 Å². The van der Waals surface area contributed by atoms with Crippen LogP contribution in [-0.2, 0) is 0 Å². The molecule has 1 heterocycles. The topological polar surface area (TPSA) is 38.9 Å². The Labute approximate surface area is 91.5 Å². The van der Waals surface area contributed by atoms with Crippen molar-refractivity contribution < 1.29 is 4.39 Å². The zero-order valence-corrected chi connectivity index (χ0v) is 8.50. The molecule has 0 aliphatic rings. The van der Waals surface area contributed by atoms with Crippen molar-refractivity contribution in [3.05, 3.63) is 47.4 Å². The van der Waals surface area contributed by atoms with E-state index in [1.807, 2.05) is 0 Å². The first kappa shape index (κ1) is 9.93. The van der Waals surface area contributed by atoms with Crippen LogP contribution in [0, 0.1) is 5.82 Å². The highest BCUT2D eigenvalue weighted by molar-refractivity contribution is 6.30. The van der Waals surface area contributed by atoms with Gasteiger partial charge in [-0.2, -0.15) is 0 Å². The van der Waals surface area contributed by atoms with Gasteiger partial charge in [0.1, 0.15) is 5.82 Å². The molecule has 1 aromatic heterocycles. The second kappa shape index (κ2) is 3.87. The molecule has 0 spiro atoms. The minimum absolute atomic E-state index is 0.342. The molecule has 0 amide bonds. The molecule has 76 valence electrons. The Morgan fingerprint density at radius 3 is 2.67 bits per heavy atom. The third kappa shape index (κ3) is 2.25. The first-order valence-corrected chi connectivity index (χ1v) is 4.71. The number of nitrogens with zero attached hydrogens (tertiary/aromatic N) is 1. The van der Waals surface area contributed by atoms with Crippen LogP contribution >= 0.6 is 11.6 Å². The summed E-state index contributed by atoms with van der Waals surface area (Å²) in [4.78, 5) is 4.09. The molecular formula is C11H8ClFN2. The Balaban J connectivity index is 2.54. The van der Waals surface area contributed by atoms with Gasteiger partial charge >= 0.3 is 0 Å². The zero-order valence-electron chi connectivity index (χ0n) is 7.74. The Bertz CT molecular complexity index is 479. The molecule has 2 rings (SSSR count). The third-order valence-corrected chi connectivity index (χ3v) is 2.16. The van der Waals surface area contributed by atoms with Crippen molar-refractivity contribution >= 4 is 17.3 Å².